The van der Waals surface area contributed by atoms with Crippen LogP contribution in [0.2, 0.25) is 0 Å². The van der Waals surface area contributed by atoms with Crippen molar-refractivity contribution in [3.8, 4) is 0 Å². The average Bonchev–Trinajstić information content (AvgIpc) is 2.51. The lowest BCUT2D eigenvalue weighted by atomic mass is 10.4. The fraction of sp³-hybridized carbons (Fsp3) is 0.333. The number of hydrogen-bond acceptors (Lipinski definition) is 5. The Labute approximate surface area is 84.8 Å². The number of nitrogens with zero attached hydrogens (tertiary/aromatic N) is 2. The van der Waals surface area contributed by atoms with Gasteiger partial charge in [-0.3, -0.25) is 4.57 Å². The van der Waals surface area contributed by atoms with Crippen molar-refractivity contribution < 1.29 is 24.0 Å². The van der Waals surface area contributed by atoms with Crippen LogP contribution >= 0.6 is 7.60 Å². The van der Waals surface area contributed by atoms with Gasteiger partial charge in [0.1, 0.15) is 11.3 Å². The third-order valence-electron chi connectivity index (χ3n) is 1.44. The van der Waals surface area contributed by atoms with E-state index in [1.807, 2.05) is 0 Å². The lowest BCUT2D eigenvalue weighted by Gasteiger charge is -2.04. The van der Waals surface area contributed by atoms with Gasteiger partial charge < -0.3 is 20.4 Å². The van der Waals surface area contributed by atoms with E-state index in [1.165, 1.54) is 6.92 Å². The second-order valence-electron chi connectivity index (χ2n) is 2.84. The Kier molecular flexibility index (Phi) is 3.25. The Balaban J connectivity index is 2.78. The highest BCUT2D eigenvalue weighted by atomic mass is 31.2. The molecule has 0 aliphatic rings. The maximum absolute atomic E-state index is 11.0. The van der Waals surface area contributed by atoms with Gasteiger partial charge in [-0.15, -0.1) is 5.10 Å². The molecule has 15 heavy (non-hydrogen) atoms. The SMILES string of the molecule is C[C@H](N)C(=O)On1cc(P(=O)(O)O)cn1. The van der Waals surface area contributed by atoms with Crippen LogP contribution in [0.1, 0.15) is 6.92 Å². The number of carbonyl (C=O) groups is 1. The van der Waals surface area contributed by atoms with E-state index in [1.54, 1.807) is 0 Å². The van der Waals surface area contributed by atoms with Crippen LogP contribution in [0.5, 0.6) is 0 Å². The Morgan fingerprint density at radius 1 is 1.73 bits per heavy atom. The number of nitrogens with two attached hydrogens (primary N) is 1. The van der Waals surface area contributed by atoms with E-state index in [9.17, 15) is 9.36 Å². The molecule has 0 unspecified atom stereocenters. The monoisotopic (exact) mass is 235 g/mol. The van der Waals surface area contributed by atoms with E-state index in [0.29, 0.717) is 4.85 Å². The molecule has 0 amide bonds. The van der Waals surface area contributed by atoms with Gasteiger partial charge in [0, 0.05) is 0 Å². The van der Waals surface area contributed by atoms with E-state index >= 15 is 0 Å². The second kappa shape index (κ2) is 4.11. The van der Waals surface area contributed by atoms with Crippen molar-refractivity contribution in [2.75, 3.05) is 0 Å². The first-order valence-corrected chi connectivity index (χ1v) is 5.50. The fourth-order valence-electron chi connectivity index (χ4n) is 0.672. The number of aromatic nitrogens is 2. The summed E-state index contributed by atoms with van der Waals surface area (Å²) in [5, 5.41) is 3.10. The third-order valence-corrected chi connectivity index (χ3v) is 2.34. The van der Waals surface area contributed by atoms with Gasteiger partial charge in [-0.1, -0.05) is 4.85 Å². The molecule has 8 nitrogen and oxygen atoms in total. The molecule has 0 bridgehead atoms. The summed E-state index contributed by atoms with van der Waals surface area (Å²) >= 11 is 0. The van der Waals surface area contributed by atoms with Crippen molar-refractivity contribution >= 4 is 18.9 Å². The largest absolute Gasteiger partial charge is 0.359 e. The molecule has 0 aliphatic heterocycles. The summed E-state index contributed by atoms with van der Waals surface area (Å²) in [6.45, 7) is 1.41. The molecule has 0 aromatic carbocycles. The topological polar surface area (TPSA) is 128 Å². The van der Waals surface area contributed by atoms with E-state index in [0.717, 1.165) is 12.4 Å². The third kappa shape index (κ3) is 3.14. The standard InChI is InChI=1S/C6H10N3O5P/c1-4(7)6(10)14-9-3-5(2-8-9)15(11,12)13/h2-4H,7H2,1H3,(H2,11,12,13)/t4-/m0/s1. The Bertz CT molecular complexity index is 409. The first-order chi connectivity index (χ1) is 6.80. The van der Waals surface area contributed by atoms with Gasteiger partial charge in [-0.05, 0) is 6.92 Å². The van der Waals surface area contributed by atoms with Gasteiger partial charge in [-0.2, -0.15) is 0 Å². The first kappa shape index (κ1) is 11.9. The number of rotatable bonds is 3. The highest BCUT2D eigenvalue weighted by Gasteiger charge is 2.20. The zero-order valence-electron chi connectivity index (χ0n) is 7.77. The van der Waals surface area contributed by atoms with Crippen LogP contribution in [-0.2, 0) is 9.36 Å². The Morgan fingerprint density at radius 3 is 2.73 bits per heavy atom. The van der Waals surface area contributed by atoms with Crippen LogP contribution in [-0.4, -0.2) is 31.7 Å². The van der Waals surface area contributed by atoms with Gasteiger partial charge in [0.05, 0.1) is 12.4 Å². The summed E-state index contributed by atoms with van der Waals surface area (Å²) in [7, 11) is -4.37. The van der Waals surface area contributed by atoms with Crippen LogP contribution in [0.15, 0.2) is 12.4 Å². The molecule has 1 atom stereocenters. The van der Waals surface area contributed by atoms with Crippen LogP contribution in [0, 0.1) is 0 Å². The van der Waals surface area contributed by atoms with E-state index < -0.39 is 19.6 Å². The maximum atomic E-state index is 11.0. The molecule has 0 saturated heterocycles. The molecular formula is C6H10N3O5P. The van der Waals surface area contributed by atoms with Crippen molar-refractivity contribution in [1.29, 1.82) is 0 Å². The molecular weight excluding hydrogens is 225 g/mol. The zero-order valence-corrected chi connectivity index (χ0v) is 8.66. The van der Waals surface area contributed by atoms with E-state index in [2.05, 4.69) is 9.94 Å². The quantitative estimate of drug-likeness (QED) is 0.516. The summed E-state index contributed by atoms with van der Waals surface area (Å²) in [5.41, 5.74) is 5.21. The summed E-state index contributed by atoms with van der Waals surface area (Å²) in [4.78, 5) is 33.6. The summed E-state index contributed by atoms with van der Waals surface area (Å²) in [6, 6.07) is -0.840. The van der Waals surface area contributed by atoms with Gasteiger partial charge in [0.25, 0.3) is 0 Å². The van der Waals surface area contributed by atoms with Crippen LogP contribution in [0.3, 0.4) is 0 Å². The summed E-state index contributed by atoms with van der Waals surface area (Å²) < 4.78 is 10.7. The van der Waals surface area contributed by atoms with Crippen molar-refractivity contribution in [2.45, 2.75) is 13.0 Å². The van der Waals surface area contributed by atoms with E-state index in [4.69, 9.17) is 15.5 Å². The molecule has 0 saturated carbocycles. The fourth-order valence-corrected chi connectivity index (χ4v) is 1.12. The minimum atomic E-state index is -4.37. The molecule has 9 heteroatoms. The second-order valence-corrected chi connectivity index (χ2v) is 4.45. The van der Waals surface area contributed by atoms with E-state index in [-0.39, 0.29) is 5.30 Å². The molecule has 4 N–H and O–H groups in total. The van der Waals surface area contributed by atoms with Crippen molar-refractivity contribution in [1.82, 2.24) is 9.94 Å². The lowest BCUT2D eigenvalue weighted by molar-refractivity contribution is -0.146. The first-order valence-electron chi connectivity index (χ1n) is 3.89. The summed E-state index contributed by atoms with van der Waals surface area (Å²) in [6.07, 6.45) is 1.83. The minimum absolute atomic E-state index is 0.333. The molecule has 0 radical (unpaired) electrons. The predicted octanol–water partition coefficient (Wildman–Crippen LogP) is -2.01. The van der Waals surface area contributed by atoms with Crippen molar-refractivity contribution in [3.05, 3.63) is 12.4 Å². The zero-order chi connectivity index (χ0) is 11.6. The predicted molar refractivity (Wildman–Crippen MR) is 49.1 cm³/mol. The minimum Gasteiger partial charge on any atom is -0.321 e. The maximum Gasteiger partial charge on any atom is 0.359 e. The Hall–Kier alpha value is -1.21. The van der Waals surface area contributed by atoms with Crippen LogP contribution < -0.4 is 15.9 Å². The van der Waals surface area contributed by atoms with Gasteiger partial charge >= 0.3 is 13.6 Å². The molecule has 1 aromatic rings. The number of hydrogen-bond donors (Lipinski definition) is 3. The molecule has 84 valence electrons. The van der Waals surface area contributed by atoms with Crippen molar-refractivity contribution in [2.24, 2.45) is 5.73 Å². The molecule has 1 heterocycles. The van der Waals surface area contributed by atoms with Gasteiger partial charge in [0.2, 0.25) is 0 Å². The number of carbonyl (C=O) groups excluding carboxylic acids is 1. The molecule has 1 rings (SSSR count). The Morgan fingerprint density at radius 2 is 2.33 bits per heavy atom. The molecule has 0 spiro atoms. The van der Waals surface area contributed by atoms with Gasteiger partial charge in [-0.25, -0.2) is 4.79 Å². The molecule has 1 aromatic heterocycles. The lowest BCUT2D eigenvalue weighted by Crippen LogP contribution is -2.35. The summed E-state index contributed by atoms with van der Waals surface area (Å²) in [5.74, 6) is -0.754. The van der Waals surface area contributed by atoms with Crippen LogP contribution in [0.4, 0.5) is 0 Å². The molecule has 0 fully saturated rings. The molecule has 0 aliphatic carbocycles. The average molecular weight is 235 g/mol. The normalized spacial score (nSPS) is 13.6. The highest BCUT2D eigenvalue weighted by Crippen LogP contribution is 2.32. The smallest absolute Gasteiger partial charge is 0.321 e. The highest BCUT2D eigenvalue weighted by molar-refractivity contribution is 7.60. The van der Waals surface area contributed by atoms with Crippen molar-refractivity contribution in [3.63, 3.8) is 0 Å². The van der Waals surface area contributed by atoms with Gasteiger partial charge in [0.15, 0.2) is 0 Å². The van der Waals surface area contributed by atoms with Crippen LogP contribution in [0.25, 0.3) is 0 Å².